The van der Waals surface area contributed by atoms with Gasteiger partial charge in [-0.05, 0) is 12.8 Å². The van der Waals surface area contributed by atoms with Gasteiger partial charge in [0.2, 0.25) is 0 Å². The van der Waals surface area contributed by atoms with Crippen LogP contribution in [0.4, 0.5) is 0 Å². The highest BCUT2D eigenvalue weighted by atomic mass is 79.9. The minimum absolute atomic E-state index is 0.276. The van der Waals surface area contributed by atoms with Crippen LogP contribution in [0.5, 0.6) is 0 Å². The fourth-order valence-corrected chi connectivity index (χ4v) is 2.67. The first kappa shape index (κ1) is 14.9. The third-order valence-corrected chi connectivity index (χ3v) is 4.11. The van der Waals surface area contributed by atoms with Crippen molar-refractivity contribution in [2.24, 2.45) is 5.92 Å². The summed E-state index contributed by atoms with van der Waals surface area (Å²) in [6.45, 7) is 10.1. The van der Waals surface area contributed by atoms with Gasteiger partial charge in [-0.15, -0.1) is 0 Å². The van der Waals surface area contributed by atoms with Crippen LogP contribution in [-0.2, 0) is 17.8 Å². The molecule has 0 N–H and O–H groups in total. The summed E-state index contributed by atoms with van der Waals surface area (Å²) in [5.74, 6) is 1.63. The Balaban J connectivity index is 2.01. The lowest BCUT2D eigenvalue weighted by atomic mass is 10.2. The number of alkyl halides is 1. The minimum atomic E-state index is 0.276. The summed E-state index contributed by atoms with van der Waals surface area (Å²) in [5, 5.41) is 5.21. The number of hydrogen-bond donors (Lipinski definition) is 0. The number of rotatable bonds is 5. The van der Waals surface area contributed by atoms with E-state index >= 15 is 0 Å². The van der Waals surface area contributed by atoms with E-state index < -0.39 is 0 Å². The van der Waals surface area contributed by atoms with Crippen molar-refractivity contribution in [3.05, 3.63) is 12.2 Å². The van der Waals surface area contributed by atoms with E-state index in [0.29, 0.717) is 12.0 Å². The second-order valence-corrected chi connectivity index (χ2v) is 6.29. The van der Waals surface area contributed by atoms with Gasteiger partial charge in [-0.3, -0.25) is 4.90 Å². The topological polar surface area (TPSA) is 43.2 Å². The third kappa shape index (κ3) is 4.00. The molecule has 0 bridgehead atoms. The number of aromatic nitrogens is 3. The standard InChI is InChI=1S/C13H23BrN4O/c1-10(2)5-18-13(15-9-16-18)7-17-6-12(4-14)19-8-11(17)3/h9-12H,4-8H2,1-3H3. The van der Waals surface area contributed by atoms with E-state index in [0.717, 1.165) is 37.4 Å². The van der Waals surface area contributed by atoms with Gasteiger partial charge in [0.25, 0.3) is 0 Å². The molecule has 0 aromatic carbocycles. The highest BCUT2D eigenvalue weighted by Crippen LogP contribution is 2.16. The summed E-state index contributed by atoms with van der Waals surface area (Å²) < 4.78 is 7.78. The summed E-state index contributed by atoms with van der Waals surface area (Å²) in [4.78, 5) is 6.83. The van der Waals surface area contributed by atoms with Crippen LogP contribution in [0.2, 0.25) is 0 Å². The zero-order valence-electron chi connectivity index (χ0n) is 11.9. The molecule has 1 aromatic rings. The van der Waals surface area contributed by atoms with Gasteiger partial charge in [0, 0.05) is 24.5 Å². The Morgan fingerprint density at radius 3 is 3.00 bits per heavy atom. The van der Waals surface area contributed by atoms with Crippen molar-refractivity contribution < 1.29 is 4.74 Å². The van der Waals surface area contributed by atoms with Crippen molar-refractivity contribution in [1.29, 1.82) is 0 Å². The predicted molar refractivity (Wildman–Crippen MR) is 78.3 cm³/mol. The molecule has 0 spiro atoms. The van der Waals surface area contributed by atoms with Gasteiger partial charge in [-0.25, -0.2) is 9.67 Å². The monoisotopic (exact) mass is 330 g/mol. The normalized spacial score (nSPS) is 25.1. The maximum Gasteiger partial charge on any atom is 0.141 e. The first-order valence-corrected chi connectivity index (χ1v) is 8.00. The molecule has 2 rings (SSSR count). The largest absolute Gasteiger partial charge is 0.374 e. The lowest BCUT2D eigenvalue weighted by Crippen LogP contribution is -2.48. The van der Waals surface area contributed by atoms with Crippen LogP contribution < -0.4 is 0 Å². The van der Waals surface area contributed by atoms with E-state index in [-0.39, 0.29) is 6.10 Å². The lowest BCUT2D eigenvalue weighted by Gasteiger charge is -2.37. The SMILES string of the molecule is CC(C)Cn1ncnc1CN1CC(CBr)OCC1C. The second-order valence-electron chi connectivity index (χ2n) is 5.64. The van der Waals surface area contributed by atoms with E-state index in [9.17, 15) is 0 Å². The van der Waals surface area contributed by atoms with Crippen LogP contribution in [0.1, 0.15) is 26.6 Å². The molecule has 1 saturated heterocycles. The van der Waals surface area contributed by atoms with Gasteiger partial charge in [-0.1, -0.05) is 29.8 Å². The summed E-state index contributed by atoms with van der Waals surface area (Å²) in [6, 6.07) is 0.430. The van der Waals surface area contributed by atoms with Crippen molar-refractivity contribution in [3.63, 3.8) is 0 Å². The van der Waals surface area contributed by atoms with Crippen LogP contribution in [-0.4, -0.2) is 50.3 Å². The molecule has 1 aliphatic rings. The van der Waals surface area contributed by atoms with E-state index in [1.165, 1.54) is 0 Å². The number of morpholine rings is 1. The molecule has 6 heteroatoms. The molecule has 108 valence electrons. The Kier molecular flexibility index (Phi) is 5.36. The number of hydrogen-bond acceptors (Lipinski definition) is 4. The Bertz CT molecular complexity index is 396. The molecule has 2 unspecified atom stereocenters. The van der Waals surface area contributed by atoms with Crippen molar-refractivity contribution in [2.45, 2.75) is 46.0 Å². The Labute approximate surface area is 123 Å². The van der Waals surface area contributed by atoms with E-state index in [1.807, 2.05) is 4.68 Å². The molecular formula is C13H23BrN4O. The molecule has 2 atom stereocenters. The molecular weight excluding hydrogens is 308 g/mol. The predicted octanol–water partition coefficient (Wildman–Crippen LogP) is 1.92. The van der Waals surface area contributed by atoms with Crippen LogP contribution in [0.25, 0.3) is 0 Å². The van der Waals surface area contributed by atoms with Gasteiger partial charge >= 0.3 is 0 Å². The van der Waals surface area contributed by atoms with Crippen molar-refractivity contribution in [3.8, 4) is 0 Å². The van der Waals surface area contributed by atoms with Gasteiger partial charge in [-0.2, -0.15) is 5.10 Å². The third-order valence-electron chi connectivity index (χ3n) is 3.39. The van der Waals surface area contributed by atoms with Gasteiger partial charge in [0.15, 0.2) is 0 Å². The zero-order valence-corrected chi connectivity index (χ0v) is 13.5. The molecule has 19 heavy (non-hydrogen) atoms. The Hall–Kier alpha value is -0.460. The highest BCUT2D eigenvalue weighted by Gasteiger charge is 2.26. The summed E-state index contributed by atoms with van der Waals surface area (Å²) in [6.07, 6.45) is 1.93. The molecule has 0 radical (unpaired) electrons. The van der Waals surface area contributed by atoms with E-state index in [1.54, 1.807) is 6.33 Å². The van der Waals surface area contributed by atoms with E-state index in [4.69, 9.17) is 4.74 Å². The molecule has 1 aliphatic heterocycles. The molecule has 1 aromatic heterocycles. The minimum Gasteiger partial charge on any atom is -0.374 e. The van der Waals surface area contributed by atoms with Crippen LogP contribution in [0, 0.1) is 5.92 Å². The van der Waals surface area contributed by atoms with E-state index in [2.05, 4.69) is 51.7 Å². The molecule has 5 nitrogen and oxygen atoms in total. The second kappa shape index (κ2) is 6.81. The Morgan fingerprint density at radius 1 is 1.53 bits per heavy atom. The molecule has 0 amide bonds. The Morgan fingerprint density at radius 2 is 2.32 bits per heavy atom. The molecule has 1 fully saturated rings. The maximum absolute atomic E-state index is 5.75. The van der Waals surface area contributed by atoms with Gasteiger partial charge < -0.3 is 4.74 Å². The highest BCUT2D eigenvalue weighted by molar-refractivity contribution is 9.09. The number of nitrogens with zero attached hydrogens (tertiary/aromatic N) is 4. The average Bonchev–Trinajstić information content (AvgIpc) is 2.78. The summed E-state index contributed by atoms with van der Waals surface area (Å²) in [7, 11) is 0. The molecule has 2 heterocycles. The average molecular weight is 331 g/mol. The molecule has 0 aliphatic carbocycles. The van der Waals surface area contributed by atoms with Crippen LogP contribution >= 0.6 is 15.9 Å². The zero-order chi connectivity index (χ0) is 13.8. The maximum atomic E-state index is 5.75. The van der Waals surface area contributed by atoms with Gasteiger partial charge in [0.05, 0.1) is 19.3 Å². The van der Waals surface area contributed by atoms with Crippen LogP contribution in [0.3, 0.4) is 0 Å². The van der Waals surface area contributed by atoms with Crippen molar-refractivity contribution in [2.75, 3.05) is 18.5 Å². The first-order chi connectivity index (χ1) is 9.10. The smallest absolute Gasteiger partial charge is 0.141 e. The number of ether oxygens (including phenoxy) is 1. The quantitative estimate of drug-likeness (QED) is 0.773. The fraction of sp³-hybridized carbons (Fsp3) is 0.846. The van der Waals surface area contributed by atoms with Crippen molar-refractivity contribution in [1.82, 2.24) is 19.7 Å². The fourth-order valence-electron chi connectivity index (χ4n) is 2.28. The summed E-state index contributed by atoms with van der Waals surface area (Å²) >= 11 is 3.50. The first-order valence-electron chi connectivity index (χ1n) is 6.88. The lowest BCUT2D eigenvalue weighted by molar-refractivity contribution is -0.0512. The van der Waals surface area contributed by atoms with Gasteiger partial charge in [0.1, 0.15) is 12.2 Å². The molecule has 0 saturated carbocycles. The van der Waals surface area contributed by atoms with Crippen molar-refractivity contribution >= 4 is 15.9 Å². The van der Waals surface area contributed by atoms with Crippen LogP contribution in [0.15, 0.2) is 6.33 Å². The number of halogens is 1. The summed E-state index contributed by atoms with van der Waals surface area (Å²) in [5.41, 5.74) is 0.